The first-order chi connectivity index (χ1) is 6.77. The quantitative estimate of drug-likeness (QED) is 0.567. The molecular weight excluding hydrogens is 185 g/mol. The summed E-state index contributed by atoms with van der Waals surface area (Å²) in [6.07, 6.45) is 0. The summed E-state index contributed by atoms with van der Waals surface area (Å²) >= 11 is 0. The Hall–Kier alpha value is -1.57. The molecule has 0 atom stereocenters. The zero-order valence-corrected chi connectivity index (χ0v) is 7.71. The lowest BCUT2D eigenvalue weighted by atomic mass is 10.2. The lowest BCUT2D eigenvalue weighted by Crippen LogP contribution is -1.97. The van der Waals surface area contributed by atoms with Crippen LogP contribution in [0.5, 0.6) is 5.75 Å². The van der Waals surface area contributed by atoms with E-state index in [0.29, 0.717) is 5.75 Å². The van der Waals surface area contributed by atoms with Gasteiger partial charge >= 0.3 is 0 Å². The van der Waals surface area contributed by atoms with E-state index in [-0.39, 0.29) is 12.2 Å². The molecule has 0 bridgehead atoms. The highest BCUT2D eigenvalue weighted by molar-refractivity contribution is 5.41. The highest BCUT2D eigenvalue weighted by Crippen LogP contribution is 2.15. The van der Waals surface area contributed by atoms with Gasteiger partial charge in [-0.25, -0.2) is 10.3 Å². The van der Waals surface area contributed by atoms with Crippen LogP contribution in [0.4, 0.5) is 4.39 Å². The minimum atomic E-state index is -0.393. The summed E-state index contributed by atoms with van der Waals surface area (Å²) in [5, 5.41) is 0. The van der Waals surface area contributed by atoms with E-state index in [9.17, 15) is 4.39 Å². The van der Waals surface area contributed by atoms with Gasteiger partial charge in [0.1, 0.15) is 18.2 Å². The molecule has 1 rings (SSSR count). The van der Waals surface area contributed by atoms with Gasteiger partial charge in [-0.15, -0.1) is 0 Å². The molecule has 0 saturated heterocycles. The normalized spacial score (nSPS) is 9.07. The van der Waals surface area contributed by atoms with Crippen molar-refractivity contribution >= 4 is 0 Å². The van der Waals surface area contributed by atoms with Crippen molar-refractivity contribution < 1.29 is 14.0 Å². The number of halogens is 1. The Bertz CT molecular complexity index is 368. The van der Waals surface area contributed by atoms with Crippen LogP contribution in [-0.2, 0) is 4.84 Å². The highest BCUT2D eigenvalue weighted by Gasteiger charge is 2.00. The molecular formula is C10H10FNO2. The van der Waals surface area contributed by atoms with E-state index in [2.05, 4.69) is 16.7 Å². The molecule has 0 unspecified atom stereocenters. The number of ether oxygens (including phenoxy) is 1. The number of hydrogen-bond acceptors (Lipinski definition) is 3. The fraction of sp³-hybridized carbons (Fsp3) is 0.200. The Morgan fingerprint density at radius 2 is 2.29 bits per heavy atom. The lowest BCUT2D eigenvalue weighted by Gasteiger charge is -2.00. The zero-order valence-electron chi connectivity index (χ0n) is 7.71. The largest absolute Gasteiger partial charge is 0.497 e. The Balaban J connectivity index is 2.91. The summed E-state index contributed by atoms with van der Waals surface area (Å²) in [4.78, 5) is 4.23. The van der Waals surface area contributed by atoms with E-state index in [1.54, 1.807) is 0 Å². The molecule has 0 fully saturated rings. The summed E-state index contributed by atoms with van der Waals surface area (Å²) in [5.74, 6) is 10.1. The number of rotatable bonds is 2. The Labute approximate surface area is 81.6 Å². The minimum absolute atomic E-state index is 0.0661. The first-order valence-corrected chi connectivity index (χ1v) is 3.92. The predicted molar refractivity (Wildman–Crippen MR) is 50.0 cm³/mol. The first-order valence-electron chi connectivity index (χ1n) is 3.92. The molecule has 3 nitrogen and oxygen atoms in total. The van der Waals surface area contributed by atoms with Crippen LogP contribution in [-0.4, -0.2) is 13.7 Å². The number of benzene rings is 1. The molecule has 4 heteroatoms. The van der Waals surface area contributed by atoms with Gasteiger partial charge in [0.05, 0.1) is 12.7 Å². The van der Waals surface area contributed by atoms with Crippen LogP contribution in [0.15, 0.2) is 18.2 Å². The molecule has 0 aliphatic rings. The number of hydrogen-bond donors (Lipinski definition) is 1. The SMILES string of the molecule is COc1ccc(F)c(C#CCON)c1. The maximum Gasteiger partial charge on any atom is 0.139 e. The Morgan fingerprint density at radius 1 is 1.50 bits per heavy atom. The summed E-state index contributed by atoms with van der Waals surface area (Å²) in [6.45, 7) is 0.0661. The van der Waals surface area contributed by atoms with Gasteiger partial charge < -0.3 is 4.74 Å². The van der Waals surface area contributed by atoms with E-state index >= 15 is 0 Å². The van der Waals surface area contributed by atoms with Crippen molar-refractivity contribution in [3.8, 4) is 17.6 Å². The van der Waals surface area contributed by atoms with Crippen molar-refractivity contribution in [2.24, 2.45) is 5.90 Å². The van der Waals surface area contributed by atoms with Crippen molar-refractivity contribution in [2.75, 3.05) is 13.7 Å². The van der Waals surface area contributed by atoms with Gasteiger partial charge in [0.2, 0.25) is 0 Å². The van der Waals surface area contributed by atoms with Gasteiger partial charge in [-0.1, -0.05) is 11.8 Å². The van der Waals surface area contributed by atoms with Crippen LogP contribution in [0.3, 0.4) is 0 Å². The van der Waals surface area contributed by atoms with Crippen molar-refractivity contribution in [3.63, 3.8) is 0 Å². The van der Waals surface area contributed by atoms with Gasteiger partial charge in [0.25, 0.3) is 0 Å². The van der Waals surface area contributed by atoms with E-state index in [1.165, 1.54) is 25.3 Å². The van der Waals surface area contributed by atoms with E-state index in [0.717, 1.165) is 0 Å². The third-order valence-corrected chi connectivity index (χ3v) is 1.55. The lowest BCUT2D eigenvalue weighted by molar-refractivity contribution is 0.173. The minimum Gasteiger partial charge on any atom is -0.497 e. The van der Waals surface area contributed by atoms with E-state index in [4.69, 9.17) is 10.6 Å². The molecule has 0 aromatic heterocycles. The average molecular weight is 195 g/mol. The molecule has 74 valence electrons. The van der Waals surface area contributed by atoms with Gasteiger partial charge in [-0.3, -0.25) is 4.84 Å². The topological polar surface area (TPSA) is 44.5 Å². The molecule has 0 aliphatic carbocycles. The van der Waals surface area contributed by atoms with Crippen LogP contribution >= 0.6 is 0 Å². The van der Waals surface area contributed by atoms with Gasteiger partial charge in [-0.05, 0) is 18.2 Å². The van der Waals surface area contributed by atoms with Crippen LogP contribution in [0, 0.1) is 17.7 Å². The maximum atomic E-state index is 13.1. The highest BCUT2D eigenvalue weighted by atomic mass is 19.1. The molecule has 14 heavy (non-hydrogen) atoms. The molecule has 2 N–H and O–H groups in total. The standard InChI is InChI=1S/C10H10FNO2/c1-13-9-4-5-10(11)8(7-9)3-2-6-14-12/h4-5,7H,6,12H2,1H3. The fourth-order valence-corrected chi connectivity index (χ4v) is 0.900. The number of nitrogens with two attached hydrogens (primary N) is 1. The first kappa shape index (κ1) is 10.5. The molecule has 0 aliphatic heterocycles. The number of methoxy groups -OCH3 is 1. The average Bonchev–Trinajstić information content (AvgIpc) is 2.21. The van der Waals surface area contributed by atoms with E-state index in [1.807, 2.05) is 0 Å². The van der Waals surface area contributed by atoms with Crippen LogP contribution < -0.4 is 10.6 Å². The van der Waals surface area contributed by atoms with Gasteiger partial charge in [0.15, 0.2) is 0 Å². The second-order valence-corrected chi connectivity index (χ2v) is 2.46. The van der Waals surface area contributed by atoms with Crippen molar-refractivity contribution in [1.29, 1.82) is 0 Å². The molecule has 0 saturated carbocycles. The van der Waals surface area contributed by atoms with Gasteiger partial charge in [0, 0.05) is 0 Å². The fourth-order valence-electron chi connectivity index (χ4n) is 0.900. The molecule has 1 aromatic rings. The van der Waals surface area contributed by atoms with Crippen LogP contribution in [0.25, 0.3) is 0 Å². The monoisotopic (exact) mass is 195 g/mol. The molecule has 0 spiro atoms. The van der Waals surface area contributed by atoms with Crippen molar-refractivity contribution in [1.82, 2.24) is 0 Å². The third-order valence-electron chi connectivity index (χ3n) is 1.55. The molecule has 1 aromatic carbocycles. The van der Waals surface area contributed by atoms with Crippen molar-refractivity contribution in [2.45, 2.75) is 0 Å². The molecule has 0 amide bonds. The van der Waals surface area contributed by atoms with Crippen LogP contribution in [0.1, 0.15) is 5.56 Å². The van der Waals surface area contributed by atoms with Gasteiger partial charge in [-0.2, -0.15) is 0 Å². The summed E-state index contributed by atoms with van der Waals surface area (Å²) in [7, 11) is 1.51. The maximum absolute atomic E-state index is 13.1. The Kier molecular flexibility index (Phi) is 3.92. The summed E-state index contributed by atoms with van der Waals surface area (Å²) in [5.41, 5.74) is 0.265. The second kappa shape index (κ2) is 5.22. The molecule has 0 heterocycles. The third kappa shape index (κ3) is 2.73. The zero-order chi connectivity index (χ0) is 10.4. The second-order valence-electron chi connectivity index (χ2n) is 2.46. The van der Waals surface area contributed by atoms with Crippen LogP contribution in [0.2, 0.25) is 0 Å². The van der Waals surface area contributed by atoms with E-state index < -0.39 is 5.82 Å². The predicted octanol–water partition coefficient (Wildman–Crippen LogP) is 1.08. The summed E-state index contributed by atoms with van der Waals surface area (Å²) < 4.78 is 18.0. The smallest absolute Gasteiger partial charge is 0.139 e. The molecule has 0 radical (unpaired) electrons. The summed E-state index contributed by atoms with van der Waals surface area (Å²) in [6, 6.07) is 4.34. The van der Waals surface area contributed by atoms with Crippen molar-refractivity contribution in [3.05, 3.63) is 29.6 Å². The Morgan fingerprint density at radius 3 is 2.93 bits per heavy atom.